The van der Waals surface area contributed by atoms with Gasteiger partial charge in [0, 0.05) is 37.5 Å². The fourth-order valence-electron chi connectivity index (χ4n) is 4.53. The Labute approximate surface area is 197 Å². The number of aryl methyl sites for hydroxylation is 1. The van der Waals surface area contributed by atoms with Crippen LogP contribution in [0.5, 0.6) is 0 Å². The molecule has 174 valence electrons. The molecule has 3 heterocycles. The monoisotopic (exact) mass is 457 g/mol. The van der Waals surface area contributed by atoms with Crippen molar-refractivity contribution in [1.29, 1.82) is 0 Å². The number of aromatic nitrogens is 2. The number of esters is 1. The molecule has 1 aliphatic rings. The number of oxazole rings is 1. The maximum atomic E-state index is 11.8. The highest BCUT2D eigenvalue weighted by molar-refractivity contribution is 5.93. The summed E-state index contributed by atoms with van der Waals surface area (Å²) in [5.41, 5.74) is 8.42. The zero-order chi connectivity index (χ0) is 23.8. The fraction of sp³-hybridized carbons (Fsp3) is 0.296. The normalized spacial score (nSPS) is 13.0. The van der Waals surface area contributed by atoms with Crippen LogP contribution in [0.1, 0.15) is 39.5 Å². The van der Waals surface area contributed by atoms with Crippen LogP contribution in [-0.4, -0.2) is 33.5 Å². The van der Waals surface area contributed by atoms with Crippen LogP contribution < -0.4 is 5.76 Å². The summed E-state index contributed by atoms with van der Waals surface area (Å²) in [4.78, 5) is 30.6. The lowest BCUT2D eigenvalue weighted by molar-refractivity contribution is 0.0535. The molecule has 4 aromatic rings. The van der Waals surface area contributed by atoms with E-state index in [1.807, 2.05) is 36.5 Å². The number of ether oxygens (including phenoxy) is 1. The molecule has 0 radical (unpaired) electrons. The number of carbonyl (C=O) groups is 1. The van der Waals surface area contributed by atoms with Gasteiger partial charge in [0.25, 0.3) is 0 Å². The van der Waals surface area contributed by atoms with Crippen molar-refractivity contribution in [2.75, 3.05) is 13.1 Å². The molecule has 0 N–H and O–H groups in total. The smallest absolute Gasteiger partial charge is 0.419 e. The van der Waals surface area contributed by atoms with Crippen LogP contribution in [0.4, 0.5) is 0 Å². The van der Waals surface area contributed by atoms with Gasteiger partial charge < -0.3 is 9.15 Å². The van der Waals surface area contributed by atoms with Crippen molar-refractivity contribution in [3.63, 3.8) is 0 Å². The van der Waals surface area contributed by atoms with Crippen LogP contribution >= 0.6 is 0 Å². The highest BCUT2D eigenvalue weighted by Gasteiger charge is 2.23. The lowest BCUT2D eigenvalue weighted by Gasteiger charge is -2.21. The van der Waals surface area contributed by atoms with Gasteiger partial charge in [0.2, 0.25) is 0 Å². The van der Waals surface area contributed by atoms with Gasteiger partial charge in [0.05, 0.1) is 16.8 Å². The fourth-order valence-corrected chi connectivity index (χ4v) is 4.53. The molecule has 0 atom stereocenters. The summed E-state index contributed by atoms with van der Waals surface area (Å²) < 4.78 is 11.9. The van der Waals surface area contributed by atoms with Gasteiger partial charge in [-0.05, 0) is 66.9 Å². The van der Waals surface area contributed by atoms with Gasteiger partial charge in [-0.2, -0.15) is 0 Å². The van der Waals surface area contributed by atoms with E-state index in [1.165, 1.54) is 10.1 Å². The SMILES string of the molecule is CCN(CCc1ccc2c(c1C)COC2=O)Cc1ccc(-c2ccc3oc(=O)n(C)c3c2)nc1. The van der Waals surface area contributed by atoms with E-state index in [1.54, 1.807) is 7.05 Å². The van der Waals surface area contributed by atoms with Gasteiger partial charge in [-0.25, -0.2) is 9.59 Å². The maximum absolute atomic E-state index is 11.8. The van der Waals surface area contributed by atoms with Crippen molar-refractivity contribution in [1.82, 2.24) is 14.5 Å². The van der Waals surface area contributed by atoms with Crippen molar-refractivity contribution in [2.45, 2.75) is 33.4 Å². The van der Waals surface area contributed by atoms with Gasteiger partial charge in [-0.1, -0.05) is 19.1 Å². The van der Waals surface area contributed by atoms with Gasteiger partial charge >= 0.3 is 11.7 Å². The van der Waals surface area contributed by atoms with Gasteiger partial charge in [-0.3, -0.25) is 14.5 Å². The van der Waals surface area contributed by atoms with Crippen LogP contribution in [-0.2, 0) is 31.4 Å². The molecule has 0 fully saturated rings. The molecular formula is C27H27N3O4. The summed E-state index contributed by atoms with van der Waals surface area (Å²) in [5.74, 6) is -0.587. The minimum absolute atomic E-state index is 0.218. The molecule has 0 bridgehead atoms. The molecule has 7 nitrogen and oxygen atoms in total. The molecule has 0 spiro atoms. The minimum atomic E-state index is -0.369. The van der Waals surface area contributed by atoms with E-state index in [9.17, 15) is 9.59 Å². The van der Waals surface area contributed by atoms with E-state index in [2.05, 4.69) is 35.9 Å². The van der Waals surface area contributed by atoms with Crippen molar-refractivity contribution in [2.24, 2.45) is 7.05 Å². The molecule has 1 aliphatic heterocycles. The maximum Gasteiger partial charge on any atom is 0.419 e. The second-order valence-corrected chi connectivity index (χ2v) is 8.73. The van der Waals surface area contributed by atoms with Gasteiger partial charge in [0.15, 0.2) is 5.58 Å². The first-order valence-electron chi connectivity index (χ1n) is 11.5. The first-order chi connectivity index (χ1) is 16.4. The van der Waals surface area contributed by atoms with Gasteiger partial charge in [-0.15, -0.1) is 0 Å². The van der Waals surface area contributed by atoms with E-state index < -0.39 is 0 Å². The highest BCUT2D eigenvalue weighted by Crippen LogP contribution is 2.26. The van der Waals surface area contributed by atoms with E-state index in [0.29, 0.717) is 17.8 Å². The van der Waals surface area contributed by atoms with Crippen LogP contribution in [0.3, 0.4) is 0 Å². The Balaban J connectivity index is 1.26. The van der Waals surface area contributed by atoms with Crippen LogP contribution in [0.15, 0.2) is 57.9 Å². The van der Waals surface area contributed by atoms with E-state index in [0.717, 1.165) is 59.5 Å². The third-order valence-corrected chi connectivity index (χ3v) is 6.74. The van der Waals surface area contributed by atoms with Crippen molar-refractivity contribution in [3.8, 4) is 11.3 Å². The predicted octanol–water partition coefficient (Wildman–Crippen LogP) is 4.24. The number of nitrogens with zero attached hydrogens (tertiary/aromatic N) is 3. The zero-order valence-corrected chi connectivity index (χ0v) is 19.6. The largest absolute Gasteiger partial charge is 0.457 e. The summed E-state index contributed by atoms with van der Waals surface area (Å²) >= 11 is 0. The number of carbonyl (C=O) groups excluding carboxylic acids is 1. The quantitative estimate of drug-likeness (QED) is 0.387. The van der Waals surface area contributed by atoms with Crippen molar-refractivity contribution in [3.05, 3.63) is 87.0 Å². The molecule has 0 amide bonds. The topological polar surface area (TPSA) is 77.6 Å². The predicted molar refractivity (Wildman–Crippen MR) is 130 cm³/mol. The second-order valence-electron chi connectivity index (χ2n) is 8.73. The number of likely N-dealkylation sites (N-methyl/N-ethyl adjacent to an activating group) is 1. The molecule has 2 aromatic heterocycles. The Morgan fingerprint density at radius 3 is 2.74 bits per heavy atom. The molecule has 2 aromatic carbocycles. The molecule has 0 aliphatic carbocycles. The Hall–Kier alpha value is -3.71. The lowest BCUT2D eigenvalue weighted by Crippen LogP contribution is -2.25. The summed E-state index contributed by atoms with van der Waals surface area (Å²) in [5, 5.41) is 0. The molecule has 0 unspecified atom stereocenters. The Morgan fingerprint density at radius 1 is 1.12 bits per heavy atom. The number of hydrogen-bond acceptors (Lipinski definition) is 6. The third kappa shape index (κ3) is 4.03. The highest BCUT2D eigenvalue weighted by atomic mass is 16.5. The van der Waals surface area contributed by atoms with Crippen molar-refractivity contribution >= 4 is 17.1 Å². The van der Waals surface area contributed by atoms with Crippen LogP contribution in [0.2, 0.25) is 0 Å². The molecule has 34 heavy (non-hydrogen) atoms. The average molecular weight is 458 g/mol. The minimum Gasteiger partial charge on any atom is -0.457 e. The van der Waals surface area contributed by atoms with Crippen LogP contribution in [0, 0.1) is 6.92 Å². The van der Waals surface area contributed by atoms with Gasteiger partial charge in [0.1, 0.15) is 6.61 Å². The molecular weight excluding hydrogens is 430 g/mol. The Morgan fingerprint density at radius 2 is 1.97 bits per heavy atom. The standard InChI is InChI=1S/C27H27N3O4/c1-4-30(12-11-19-6-8-21-22(17(19)2)16-33-26(21)31)15-18-5-9-23(28-14-18)20-7-10-25-24(13-20)29(3)27(32)34-25/h5-10,13-14H,4,11-12,15-16H2,1-3H3. The Bertz CT molecular complexity index is 1430. The first-order valence-corrected chi connectivity index (χ1v) is 11.5. The third-order valence-electron chi connectivity index (χ3n) is 6.74. The number of pyridine rings is 1. The molecule has 0 saturated heterocycles. The number of cyclic esters (lactones) is 1. The van der Waals surface area contributed by atoms with E-state index >= 15 is 0 Å². The summed E-state index contributed by atoms with van der Waals surface area (Å²) in [6.45, 7) is 7.27. The molecule has 0 saturated carbocycles. The second kappa shape index (κ2) is 8.91. The Kier molecular flexibility index (Phi) is 5.79. The number of rotatable bonds is 7. The summed E-state index contributed by atoms with van der Waals surface area (Å²) in [6.07, 6.45) is 2.83. The van der Waals surface area contributed by atoms with E-state index in [4.69, 9.17) is 9.15 Å². The zero-order valence-electron chi connectivity index (χ0n) is 19.6. The lowest BCUT2D eigenvalue weighted by atomic mass is 9.96. The molecule has 7 heteroatoms. The number of fused-ring (bicyclic) bond motifs is 2. The average Bonchev–Trinajstić information content (AvgIpc) is 3.37. The van der Waals surface area contributed by atoms with E-state index in [-0.39, 0.29) is 11.7 Å². The first kappa shape index (κ1) is 22.1. The number of benzene rings is 2. The van der Waals surface area contributed by atoms with Crippen molar-refractivity contribution < 1.29 is 13.9 Å². The van der Waals surface area contributed by atoms with Crippen LogP contribution in [0.25, 0.3) is 22.4 Å². The molecule has 5 rings (SSSR count). The number of hydrogen-bond donors (Lipinski definition) is 0. The summed E-state index contributed by atoms with van der Waals surface area (Å²) in [7, 11) is 1.70. The summed E-state index contributed by atoms with van der Waals surface area (Å²) in [6, 6.07) is 13.7.